The van der Waals surface area contributed by atoms with E-state index in [4.69, 9.17) is 9.15 Å². The highest BCUT2D eigenvalue weighted by molar-refractivity contribution is 5.91. The molecule has 1 aromatic heterocycles. The van der Waals surface area contributed by atoms with E-state index in [1.54, 1.807) is 11.0 Å². The van der Waals surface area contributed by atoms with Crippen molar-refractivity contribution >= 4 is 23.1 Å². The molecule has 3 rings (SSSR count). The molecule has 1 aliphatic heterocycles. The van der Waals surface area contributed by atoms with Crippen LogP contribution in [0.2, 0.25) is 0 Å². The van der Waals surface area contributed by atoms with E-state index in [-0.39, 0.29) is 18.1 Å². The van der Waals surface area contributed by atoms with Crippen LogP contribution in [0, 0.1) is 0 Å². The van der Waals surface area contributed by atoms with E-state index < -0.39 is 0 Å². The van der Waals surface area contributed by atoms with E-state index >= 15 is 0 Å². The lowest BCUT2D eigenvalue weighted by atomic mass is 10.2. The van der Waals surface area contributed by atoms with Crippen molar-refractivity contribution in [1.29, 1.82) is 0 Å². The van der Waals surface area contributed by atoms with Crippen molar-refractivity contribution in [3.8, 4) is 0 Å². The monoisotopic (exact) mass is 286 g/mol. The van der Waals surface area contributed by atoms with Crippen LogP contribution in [0.25, 0.3) is 17.2 Å². The summed E-state index contributed by atoms with van der Waals surface area (Å²) in [4.78, 5) is 18.3. The lowest BCUT2D eigenvalue weighted by molar-refractivity contribution is -0.137. The number of hydrogen-bond acceptors (Lipinski definition) is 4. The Morgan fingerprint density at radius 1 is 1.29 bits per heavy atom. The first-order valence-electron chi connectivity index (χ1n) is 7.10. The average molecular weight is 286 g/mol. The second kappa shape index (κ2) is 5.69. The Balaban J connectivity index is 1.71. The zero-order chi connectivity index (χ0) is 14.8. The minimum Gasteiger partial charge on any atom is -0.437 e. The van der Waals surface area contributed by atoms with Crippen molar-refractivity contribution in [2.45, 2.75) is 26.1 Å². The van der Waals surface area contributed by atoms with Gasteiger partial charge in [0.15, 0.2) is 5.58 Å². The number of rotatable bonds is 2. The maximum absolute atomic E-state index is 12.2. The molecule has 1 aliphatic rings. The number of morpholine rings is 1. The predicted octanol–water partition coefficient (Wildman–Crippen LogP) is 2.48. The molecule has 21 heavy (non-hydrogen) atoms. The Morgan fingerprint density at radius 3 is 2.71 bits per heavy atom. The van der Waals surface area contributed by atoms with E-state index in [9.17, 15) is 4.79 Å². The summed E-state index contributed by atoms with van der Waals surface area (Å²) in [6, 6.07) is 7.53. The number of fused-ring (bicyclic) bond motifs is 1. The Kier molecular flexibility index (Phi) is 3.75. The molecule has 1 fully saturated rings. The molecule has 0 N–H and O–H groups in total. The van der Waals surface area contributed by atoms with Crippen LogP contribution in [0.3, 0.4) is 0 Å². The largest absolute Gasteiger partial charge is 0.437 e. The number of nitrogens with zero attached hydrogens (tertiary/aromatic N) is 2. The molecule has 5 nitrogen and oxygen atoms in total. The highest BCUT2D eigenvalue weighted by Crippen LogP contribution is 2.16. The Morgan fingerprint density at radius 2 is 2.00 bits per heavy atom. The van der Waals surface area contributed by atoms with Crippen molar-refractivity contribution in [1.82, 2.24) is 9.88 Å². The fraction of sp³-hybridized carbons (Fsp3) is 0.375. The summed E-state index contributed by atoms with van der Waals surface area (Å²) in [5.74, 6) is 0.401. The third-order valence-corrected chi connectivity index (χ3v) is 3.41. The number of amides is 1. The number of aromatic nitrogens is 1. The second-order valence-electron chi connectivity index (χ2n) is 5.35. The molecule has 2 atom stereocenters. The zero-order valence-corrected chi connectivity index (χ0v) is 12.2. The van der Waals surface area contributed by atoms with E-state index in [1.807, 2.05) is 38.1 Å². The molecule has 5 heteroatoms. The maximum Gasteiger partial charge on any atom is 0.246 e. The summed E-state index contributed by atoms with van der Waals surface area (Å²) in [5, 5.41) is 0. The predicted molar refractivity (Wildman–Crippen MR) is 79.6 cm³/mol. The van der Waals surface area contributed by atoms with Gasteiger partial charge in [0.2, 0.25) is 11.8 Å². The van der Waals surface area contributed by atoms with Crippen LogP contribution in [-0.2, 0) is 9.53 Å². The van der Waals surface area contributed by atoms with E-state index in [0.29, 0.717) is 19.0 Å². The molecule has 0 bridgehead atoms. The van der Waals surface area contributed by atoms with Gasteiger partial charge in [-0.05, 0) is 26.0 Å². The van der Waals surface area contributed by atoms with Gasteiger partial charge in [-0.25, -0.2) is 4.98 Å². The summed E-state index contributed by atoms with van der Waals surface area (Å²) in [6.45, 7) is 5.17. The van der Waals surface area contributed by atoms with E-state index in [2.05, 4.69) is 4.98 Å². The molecule has 1 amide bonds. The van der Waals surface area contributed by atoms with Gasteiger partial charge >= 0.3 is 0 Å². The third kappa shape index (κ3) is 3.13. The van der Waals surface area contributed by atoms with Crippen LogP contribution in [0.5, 0.6) is 0 Å². The van der Waals surface area contributed by atoms with Crippen LogP contribution >= 0.6 is 0 Å². The molecule has 0 radical (unpaired) electrons. The van der Waals surface area contributed by atoms with Gasteiger partial charge in [0.05, 0.1) is 12.2 Å². The topological polar surface area (TPSA) is 55.6 Å². The van der Waals surface area contributed by atoms with Crippen molar-refractivity contribution in [3.63, 3.8) is 0 Å². The third-order valence-electron chi connectivity index (χ3n) is 3.41. The summed E-state index contributed by atoms with van der Waals surface area (Å²) in [6.07, 6.45) is 3.26. The molecule has 0 spiro atoms. The highest BCUT2D eigenvalue weighted by atomic mass is 16.5. The number of carbonyl (C=O) groups is 1. The first-order chi connectivity index (χ1) is 10.1. The number of para-hydroxylation sites is 2. The second-order valence-corrected chi connectivity index (χ2v) is 5.35. The molecule has 0 unspecified atom stereocenters. The molecule has 0 aliphatic carbocycles. The van der Waals surface area contributed by atoms with Gasteiger partial charge in [0, 0.05) is 25.2 Å². The zero-order valence-electron chi connectivity index (χ0n) is 12.2. The van der Waals surface area contributed by atoms with Crippen LogP contribution in [0.4, 0.5) is 0 Å². The molecular formula is C16H18N2O3. The van der Waals surface area contributed by atoms with Crippen molar-refractivity contribution in [3.05, 3.63) is 36.2 Å². The summed E-state index contributed by atoms with van der Waals surface area (Å²) in [5.41, 5.74) is 1.51. The summed E-state index contributed by atoms with van der Waals surface area (Å²) < 4.78 is 11.2. The van der Waals surface area contributed by atoms with Crippen LogP contribution in [-0.4, -0.2) is 41.1 Å². The minimum absolute atomic E-state index is 0.0424. The Labute approximate surface area is 123 Å². The first-order valence-corrected chi connectivity index (χ1v) is 7.10. The first kappa shape index (κ1) is 13.8. The number of benzene rings is 1. The van der Waals surface area contributed by atoms with Crippen LogP contribution in [0.15, 0.2) is 34.8 Å². The Hall–Kier alpha value is -2.14. The molecule has 1 saturated heterocycles. The highest BCUT2D eigenvalue weighted by Gasteiger charge is 2.24. The molecule has 110 valence electrons. The standard InChI is InChI=1S/C16H18N2O3/c1-11-9-18(10-12(2)20-11)16(19)8-7-15-17-13-5-3-4-6-14(13)21-15/h3-8,11-12H,9-10H2,1-2H3/b8-7+/t11-,12+. The molecular weight excluding hydrogens is 268 g/mol. The number of carbonyl (C=O) groups excluding carboxylic acids is 1. The lowest BCUT2D eigenvalue weighted by Crippen LogP contribution is -2.47. The lowest BCUT2D eigenvalue weighted by Gasteiger charge is -2.34. The van der Waals surface area contributed by atoms with Gasteiger partial charge in [-0.3, -0.25) is 4.79 Å². The smallest absolute Gasteiger partial charge is 0.246 e. The minimum atomic E-state index is -0.0424. The number of hydrogen-bond donors (Lipinski definition) is 0. The molecule has 1 aromatic carbocycles. The van der Waals surface area contributed by atoms with Crippen LogP contribution < -0.4 is 0 Å². The number of ether oxygens (including phenoxy) is 1. The van der Waals surface area contributed by atoms with Gasteiger partial charge in [-0.15, -0.1) is 0 Å². The molecule has 2 heterocycles. The van der Waals surface area contributed by atoms with E-state index in [0.717, 1.165) is 11.1 Å². The van der Waals surface area contributed by atoms with Gasteiger partial charge in [0.25, 0.3) is 0 Å². The quantitative estimate of drug-likeness (QED) is 0.796. The van der Waals surface area contributed by atoms with Crippen molar-refractivity contribution < 1.29 is 13.9 Å². The normalized spacial score (nSPS) is 23.0. The fourth-order valence-electron chi connectivity index (χ4n) is 2.57. The number of oxazole rings is 1. The molecule has 2 aromatic rings. The maximum atomic E-state index is 12.2. The van der Waals surface area contributed by atoms with Gasteiger partial charge in [-0.2, -0.15) is 0 Å². The van der Waals surface area contributed by atoms with Crippen molar-refractivity contribution in [2.24, 2.45) is 0 Å². The average Bonchev–Trinajstić information content (AvgIpc) is 2.86. The van der Waals surface area contributed by atoms with E-state index in [1.165, 1.54) is 6.08 Å². The van der Waals surface area contributed by atoms with Gasteiger partial charge in [-0.1, -0.05) is 12.1 Å². The SMILES string of the molecule is C[C@@H]1CN(C(=O)/C=C/c2nc3ccccc3o2)C[C@H](C)O1. The summed E-state index contributed by atoms with van der Waals surface area (Å²) in [7, 11) is 0. The van der Waals surface area contributed by atoms with Crippen molar-refractivity contribution in [2.75, 3.05) is 13.1 Å². The van der Waals surface area contributed by atoms with Gasteiger partial charge in [0.1, 0.15) is 5.52 Å². The Bertz CT molecular complexity index is 634. The molecule has 0 saturated carbocycles. The fourth-order valence-corrected chi connectivity index (χ4v) is 2.57. The summed E-state index contributed by atoms with van der Waals surface area (Å²) >= 11 is 0. The van der Waals surface area contributed by atoms with Crippen LogP contribution in [0.1, 0.15) is 19.7 Å². The van der Waals surface area contributed by atoms with Gasteiger partial charge < -0.3 is 14.1 Å².